The van der Waals surface area contributed by atoms with Crippen molar-refractivity contribution in [1.29, 1.82) is 0 Å². The molecule has 122 valence electrons. The predicted octanol–water partition coefficient (Wildman–Crippen LogP) is 4.20. The van der Waals surface area contributed by atoms with Crippen LogP contribution in [0.4, 0.5) is 9.52 Å². The minimum atomic E-state index is -0.349. The van der Waals surface area contributed by atoms with Crippen LogP contribution in [-0.2, 0) is 16.0 Å². The summed E-state index contributed by atoms with van der Waals surface area (Å²) in [4.78, 5) is 15.6. The molecule has 0 radical (unpaired) electrons. The highest BCUT2D eigenvalue weighted by atomic mass is 127. The van der Waals surface area contributed by atoms with Gasteiger partial charge in [0.25, 0.3) is 0 Å². The van der Waals surface area contributed by atoms with Gasteiger partial charge in [-0.15, -0.1) is 11.3 Å². The molecule has 0 aliphatic rings. The summed E-state index contributed by atoms with van der Waals surface area (Å²) in [5.74, 6) is -0.661. The van der Waals surface area contributed by atoms with E-state index in [1.165, 1.54) is 23.6 Å². The molecule has 1 N–H and O–H groups in total. The zero-order valence-corrected chi connectivity index (χ0v) is 16.5. The molecule has 23 heavy (non-hydrogen) atoms. The Morgan fingerprint density at radius 1 is 1.61 bits per heavy atom. The number of ether oxygens (including phenoxy) is 1. The molecule has 2 rings (SSSR count). The van der Waals surface area contributed by atoms with Crippen LogP contribution >= 0.6 is 49.9 Å². The molecular weight excluding hydrogens is 500 g/mol. The summed E-state index contributed by atoms with van der Waals surface area (Å²) in [5.41, 5.74) is 4.04. The predicted molar refractivity (Wildman–Crippen MR) is 100 cm³/mol. The van der Waals surface area contributed by atoms with Crippen LogP contribution in [0, 0.1) is 9.39 Å². The van der Waals surface area contributed by atoms with Gasteiger partial charge in [-0.3, -0.25) is 10.2 Å². The van der Waals surface area contributed by atoms with Crippen LogP contribution in [0.2, 0.25) is 0 Å². The maximum absolute atomic E-state index is 13.5. The molecule has 0 atom stereocenters. The van der Waals surface area contributed by atoms with E-state index >= 15 is 0 Å². The first-order valence-corrected chi connectivity index (χ1v) is 9.28. The first-order valence-electron chi connectivity index (χ1n) is 6.53. The number of esters is 1. The number of halogens is 3. The van der Waals surface area contributed by atoms with Crippen LogP contribution < -0.4 is 5.43 Å². The lowest BCUT2D eigenvalue weighted by Crippen LogP contribution is -2.07. The Morgan fingerprint density at radius 2 is 2.39 bits per heavy atom. The number of hydrogen-bond donors (Lipinski definition) is 1. The van der Waals surface area contributed by atoms with E-state index < -0.39 is 0 Å². The number of anilines is 1. The van der Waals surface area contributed by atoms with Gasteiger partial charge in [-0.2, -0.15) is 5.10 Å². The van der Waals surface area contributed by atoms with Crippen molar-refractivity contribution in [2.45, 2.75) is 13.3 Å². The third-order valence-corrected chi connectivity index (χ3v) is 4.92. The number of carbonyl (C=O) groups is 1. The van der Waals surface area contributed by atoms with Crippen LogP contribution in [0.1, 0.15) is 18.2 Å². The Morgan fingerprint density at radius 3 is 3.13 bits per heavy atom. The smallest absolute Gasteiger partial charge is 0.311 e. The molecule has 0 unspecified atom stereocenters. The molecule has 1 heterocycles. The molecule has 5 nitrogen and oxygen atoms in total. The van der Waals surface area contributed by atoms with Gasteiger partial charge in [-0.1, -0.05) is 0 Å². The van der Waals surface area contributed by atoms with Gasteiger partial charge in [0.05, 0.1) is 29.4 Å². The largest absolute Gasteiger partial charge is 0.466 e. The number of thiazole rings is 1. The fourth-order valence-corrected chi connectivity index (χ4v) is 3.63. The minimum Gasteiger partial charge on any atom is -0.466 e. The molecule has 2 aromatic rings. The molecule has 0 spiro atoms. The molecule has 0 amide bonds. The second-order valence-electron chi connectivity index (χ2n) is 4.28. The Labute approximate surface area is 158 Å². The second kappa shape index (κ2) is 8.69. The Hall–Kier alpha value is -1.07. The van der Waals surface area contributed by atoms with Crippen LogP contribution in [0.25, 0.3) is 0 Å². The van der Waals surface area contributed by atoms with Crippen LogP contribution in [0.5, 0.6) is 0 Å². The molecule has 9 heteroatoms. The number of nitrogens with zero attached hydrogens (tertiary/aromatic N) is 2. The Balaban J connectivity index is 1.97. The van der Waals surface area contributed by atoms with Crippen molar-refractivity contribution >= 4 is 67.2 Å². The molecule has 0 saturated heterocycles. The van der Waals surface area contributed by atoms with Crippen LogP contribution in [0.3, 0.4) is 0 Å². The van der Waals surface area contributed by atoms with Crippen molar-refractivity contribution in [3.05, 3.63) is 42.6 Å². The molecular formula is C14H12BrFIN3O2S. The molecule has 0 fully saturated rings. The summed E-state index contributed by atoms with van der Waals surface area (Å²) in [6.45, 7) is 2.10. The third kappa shape index (κ3) is 5.50. The number of nitrogens with one attached hydrogen (secondary N) is 1. The number of rotatable bonds is 6. The summed E-state index contributed by atoms with van der Waals surface area (Å²) in [6.07, 6.45) is 1.65. The van der Waals surface area contributed by atoms with Gasteiger partial charge in [-0.05, 0) is 57.6 Å². The first-order chi connectivity index (χ1) is 11.0. The quantitative estimate of drug-likeness (QED) is 0.207. The van der Waals surface area contributed by atoms with Crippen LogP contribution in [0.15, 0.2) is 27.1 Å². The van der Waals surface area contributed by atoms with E-state index in [0.717, 1.165) is 3.57 Å². The molecule has 0 saturated carbocycles. The number of carbonyl (C=O) groups excluding carboxylic acids is 1. The van der Waals surface area contributed by atoms with Crippen molar-refractivity contribution in [1.82, 2.24) is 4.98 Å². The van der Waals surface area contributed by atoms with Crippen molar-refractivity contribution in [2.75, 3.05) is 12.0 Å². The van der Waals surface area contributed by atoms with Gasteiger partial charge in [0.2, 0.25) is 5.13 Å². The fraction of sp³-hybridized carbons (Fsp3) is 0.214. The SMILES string of the molecule is CCOC(=O)Cc1csc(NN=Cc2cc(F)c(Br)cc2I)n1. The van der Waals surface area contributed by atoms with Gasteiger partial charge >= 0.3 is 5.97 Å². The van der Waals surface area contributed by atoms with Gasteiger partial charge < -0.3 is 4.74 Å². The maximum atomic E-state index is 13.5. The molecule has 1 aromatic heterocycles. The highest BCUT2D eigenvalue weighted by Crippen LogP contribution is 2.21. The second-order valence-corrected chi connectivity index (χ2v) is 7.16. The zero-order chi connectivity index (χ0) is 16.8. The maximum Gasteiger partial charge on any atom is 0.311 e. The van der Waals surface area contributed by atoms with E-state index in [0.29, 0.717) is 27.5 Å². The fourth-order valence-electron chi connectivity index (χ4n) is 1.59. The lowest BCUT2D eigenvalue weighted by Gasteiger charge is -2.01. The van der Waals surface area contributed by atoms with Crippen LogP contribution in [-0.4, -0.2) is 23.8 Å². The Kier molecular flexibility index (Phi) is 6.90. The van der Waals surface area contributed by atoms with E-state index in [-0.39, 0.29) is 18.2 Å². The summed E-state index contributed by atoms with van der Waals surface area (Å²) in [6, 6.07) is 3.07. The summed E-state index contributed by atoms with van der Waals surface area (Å²) in [7, 11) is 0. The van der Waals surface area contributed by atoms with Gasteiger partial charge in [-0.25, -0.2) is 9.37 Å². The summed E-state index contributed by atoms with van der Waals surface area (Å²) >= 11 is 6.56. The van der Waals surface area contributed by atoms with E-state index in [9.17, 15) is 9.18 Å². The number of hydrazone groups is 1. The van der Waals surface area contributed by atoms with E-state index in [4.69, 9.17) is 4.74 Å². The van der Waals surface area contributed by atoms with Crippen molar-refractivity contribution in [2.24, 2.45) is 5.10 Å². The van der Waals surface area contributed by atoms with Gasteiger partial charge in [0, 0.05) is 14.5 Å². The molecule has 1 aromatic carbocycles. The van der Waals surface area contributed by atoms with Gasteiger partial charge in [0.1, 0.15) is 5.82 Å². The third-order valence-electron chi connectivity index (χ3n) is 2.59. The van der Waals surface area contributed by atoms with E-state index in [1.54, 1.807) is 18.4 Å². The first kappa shape index (κ1) is 18.3. The highest BCUT2D eigenvalue weighted by molar-refractivity contribution is 14.1. The van der Waals surface area contributed by atoms with Crippen molar-refractivity contribution in [3.8, 4) is 0 Å². The zero-order valence-electron chi connectivity index (χ0n) is 12.0. The number of benzene rings is 1. The standard InChI is InChI=1S/C14H12BrFIN3O2S/c1-2-22-13(21)4-9-7-23-14(19-9)20-18-6-8-3-11(16)10(15)5-12(8)17/h3,5-7H,2,4H2,1H3,(H,19,20). The van der Waals surface area contributed by atoms with Crippen molar-refractivity contribution in [3.63, 3.8) is 0 Å². The van der Waals surface area contributed by atoms with Gasteiger partial charge in [0.15, 0.2) is 0 Å². The summed E-state index contributed by atoms with van der Waals surface area (Å²) < 4.78 is 19.7. The number of hydrogen-bond acceptors (Lipinski definition) is 6. The number of aromatic nitrogens is 1. The summed E-state index contributed by atoms with van der Waals surface area (Å²) in [5, 5.41) is 6.35. The molecule has 0 aliphatic carbocycles. The normalized spacial score (nSPS) is 11.0. The lowest BCUT2D eigenvalue weighted by atomic mass is 10.2. The average molecular weight is 512 g/mol. The lowest BCUT2D eigenvalue weighted by molar-refractivity contribution is -0.142. The highest BCUT2D eigenvalue weighted by Gasteiger charge is 2.08. The van der Waals surface area contributed by atoms with E-state index in [1.807, 2.05) is 0 Å². The minimum absolute atomic E-state index is 0.131. The Bertz CT molecular complexity index is 739. The topological polar surface area (TPSA) is 63.6 Å². The van der Waals surface area contributed by atoms with Crippen molar-refractivity contribution < 1.29 is 13.9 Å². The molecule has 0 bridgehead atoms. The molecule has 0 aliphatic heterocycles. The van der Waals surface area contributed by atoms with E-state index in [2.05, 4.69) is 54.0 Å². The monoisotopic (exact) mass is 511 g/mol. The average Bonchev–Trinajstić information content (AvgIpc) is 2.92.